The van der Waals surface area contributed by atoms with E-state index in [0.29, 0.717) is 44.0 Å². The molecule has 344 valence electrons. The average Bonchev–Trinajstić information content (AvgIpc) is 4.03. The van der Waals surface area contributed by atoms with Crippen molar-refractivity contribution in [3.8, 4) is 46.7 Å². The van der Waals surface area contributed by atoms with Gasteiger partial charge in [-0.05, 0) is 38.8 Å². The summed E-state index contributed by atoms with van der Waals surface area (Å²) >= 11 is 1.27. The van der Waals surface area contributed by atoms with Crippen molar-refractivity contribution in [2.24, 2.45) is 0 Å². The number of thiazole rings is 1. The number of hydrogen-bond acceptors (Lipinski definition) is 12. The summed E-state index contributed by atoms with van der Waals surface area (Å²) in [6.45, 7) is 31.3. The second-order valence-corrected chi connectivity index (χ2v) is 15.6. The summed E-state index contributed by atoms with van der Waals surface area (Å²) < 4.78 is 7.74. The minimum absolute atomic E-state index is 0.0158. The fraction of sp³-hybridized carbons (Fsp3) is 0.0351. The van der Waals surface area contributed by atoms with Crippen molar-refractivity contribution in [1.29, 1.82) is 21.0 Å². The second kappa shape index (κ2) is 24.7. The summed E-state index contributed by atoms with van der Waals surface area (Å²) in [6, 6.07) is 47.3. The summed E-state index contributed by atoms with van der Waals surface area (Å²) in [5, 5.41) is 40.1. The molecule has 0 amide bonds. The van der Waals surface area contributed by atoms with E-state index in [9.17, 15) is 14.9 Å². The van der Waals surface area contributed by atoms with Crippen LogP contribution < -0.4 is 30.5 Å². The van der Waals surface area contributed by atoms with Crippen LogP contribution in [0.3, 0.4) is 0 Å². The molecule has 4 heterocycles. The van der Waals surface area contributed by atoms with E-state index in [1.165, 1.54) is 11.3 Å². The molecule has 0 bridgehead atoms. The van der Waals surface area contributed by atoms with Gasteiger partial charge in [0.05, 0.1) is 31.0 Å². The molecular weight excluding hydrogens is 923 g/mol. The number of nitrogens with zero attached hydrogens (tertiary/aromatic N) is 9. The highest BCUT2D eigenvalue weighted by atomic mass is 32.1. The molecule has 1 aliphatic heterocycles. The quantitative estimate of drug-likeness (QED) is 0.130. The van der Waals surface area contributed by atoms with Gasteiger partial charge in [-0.1, -0.05) is 161 Å². The van der Waals surface area contributed by atoms with Crippen LogP contribution in [0.15, 0.2) is 156 Å². The van der Waals surface area contributed by atoms with Gasteiger partial charge in [0.25, 0.3) is 17.0 Å². The summed E-state index contributed by atoms with van der Waals surface area (Å²) in [5.74, 6) is -0.385. The molecule has 0 spiro atoms. The Bertz CT molecular complexity index is 4070. The lowest BCUT2D eigenvalue weighted by molar-refractivity contribution is -0.191. The third kappa shape index (κ3) is 11.6. The topological polar surface area (TPSA) is 212 Å². The summed E-state index contributed by atoms with van der Waals surface area (Å²) in [6.07, 6.45) is 2.59. The zero-order chi connectivity index (χ0) is 52.3. The number of ether oxygens (including phenoxy) is 1. The number of esters is 1. The van der Waals surface area contributed by atoms with Crippen LogP contribution in [0.1, 0.15) is 23.6 Å². The molecule has 9 rings (SSSR count). The maximum atomic E-state index is 11.9. The highest BCUT2D eigenvalue weighted by molar-refractivity contribution is 7.07. The van der Waals surface area contributed by atoms with E-state index in [4.69, 9.17) is 43.3 Å². The highest BCUT2D eigenvalue weighted by Gasteiger charge is 2.29. The van der Waals surface area contributed by atoms with Crippen molar-refractivity contribution < 1.29 is 19.1 Å². The maximum absolute atomic E-state index is 11.9. The molecule has 72 heavy (non-hydrogen) atoms. The standard InChI is InChI=1S/C17H13N3O.C14H8N2.C13H7N3S.C12H7NO2.CO2/c1-3-12-10-20-11(2)15(13-7-5-4-6-8-13)14(9-18)16(20)19-17(12)21;1-10-7-8-13(14(9-15)16-2)12-6-4-3-5-11(10)12;1-9-12(10-6-4-3-5-7-10)16-13(17-9)11(8-14)15-2;1-8-11(9-5-3-2-4-6-9)10(7-13)12(14)15-8;2-1-3/h4-8,10H,2-3H2,1H3;3-8H,1H2;3-7H,1H2;2-6H,1H2;/b;14-13+;13-11-;;. The predicted octanol–water partition coefficient (Wildman–Crippen LogP) is 6.95. The number of hydrogen-bond donors (Lipinski definition) is 0. The molecule has 0 radical (unpaired) electrons. The smallest absolute Gasteiger partial charge is 0.373 e. The van der Waals surface area contributed by atoms with Crippen molar-refractivity contribution in [2.75, 3.05) is 0 Å². The van der Waals surface area contributed by atoms with E-state index in [-0.39, 0.29) is 34.4 Å². The number of aryl methyl sites for hydroxylation is 1. The summed E-state index contributed by atoms with van der Waals surface area (Å²) in [7, 11) is 0. The normalized spacial score (nSPS) is 11.7. The monoisotopic (exact) mass is 957 g/mol. The van der Waals surface area contributed by atoms with Gasteiger partial charge in [0.15, 0.2) is 5.65 Å². The minimum atomic E-state index is -0.624. The first-order valence-electron chi connectivity index (χ1n) is 21.0. The van der Waals surface area contributed by atoms with Gasteiger partial charge < -0.3 is 9.14 Å². The van der Waals surface area contributed by atoms with E-state index >= 15 is 0 Å². The van der Waals surface area contributed by atoms with Crippen molar-refractivity contribution in [2.45, 2.75) is 13.3 Å². The number of rotatable bonds is 4. The lowest BCUT2D eigenvalue weighted by Gasteiger charge is -2.01. The first kappa shape index (κ1) is 52.1. The van der Waals surface area contributed by atoms with E-state index in [1.54, 1.807) is 28.8 Å². The Kier molecular flexibility index (Phi) is 17.9. The molecule has 0 saturated heterocycles. The van der Waals surface area contributed by atoms with E-state index < -0.39 is 5.97 Å². The minimum Gasteiger partial charge on any atom is -0.422 e. The zero-order valence-corrected chi connectivity index (χ0v) is 39.0. The van der Waals surface area contributed by atoms with E-state index in [0.717, 1.165) is 48.5 Å². The summed E-state index contributed by atoms with van der Waals surface area (Å²) in [4.78, 5) is 54.2. The van der Waals surface area contributed by atoms with Gasteiger partial charge in [-0.15, -0.1) is 11.3 Å². The second-order valence-electron chi connectivity index (χ2n) is 14.5. The largest absolute Gasteiger partial charge is 0.422 e. The fourth-order valence-corrected chi connectivity index (χ4v) is 7.91. The molecule has 0 saturated carbocycles. The third-order valence-electron chi connectivity index (χ3n) is 10.4. The van der Waals surface area contributed by atoms with Crippen molar-refractivity contribution >= 4 is 76.6 Å². The predicted molar refractivity (Wildman–Crippen MR) is 273 cm³/mol. The number of carbonyl (C=O) groups is 1. The van der Waals surface area contributed by atoms with Crippen LogP contribution in [0, 0.1) is 58.5 Å². The number of nitriles is 4. The van der Waals surface area contributed by atoms with Gasteiger partial charge in [-0.3, -0.25) is 4.79 Å². The Balaban J connectivity index is 0.000000176. The molecule has 0 unspecified atom stereocenters. The van der Waals surface area contributed by atoms with Gasteiger partial charge in [0.1, 0.15) is 33.7 Å². The molecule has 3 aromatic heterocycles. The zero-order valence-electron chi connectivity index (χ0n) is 38.2. The maximum Gasteiger partial charge on any atom is 0.373 e. The van der Waals surface area contributed by atoms with Crippen molar-refractivity contribution in [3.05, 3.63) is 226 Å². The first-order valence-corrected chi connectivity index (χ1v) is 21.8. The van der Waals surface area contributed by atoms with Crippen LogP contribution >= 0.6 is 11.3 Å². The number of allylic oxidation sites excluding steroid dienone is 1. The number of cyclic esters (lactones) is 1. The van der Waals surface area contributed by atoms with Crippen LogP contribution in [-0.4, -0.2) is 26.5 Å². The molecule has 14 nitrogen and oxygen atoms in total. The van der Waals surface area contributed by atoms with Crippen molar-refractivity contribution in [1.82, 2.24) is 14.4 Å². The Morgan fingerprint density at radius 3 is 1.78 bits per heavy atom. The van der Waals surface area contributed by atoms with Gasteiger partial charge in [-0.2, -0.15) is 25.1 Å². The van der Waals surface area contributed by atoms with Crippen LogP contribution in [0.4, 0.5) is 0 Å². The molecule has 0 fully saturated rings. The van der Waals surface area contributed by atoms with Crippen LogP contribution in [-0.2, 0) is 25.5 Å². The molecular formula is C57H35N9O5S. The molecule has 15 heteroatoms. The number of carbonyl (C=O) groups excluding carboxylic acids is 3. The Hall–Kier alpha value is -10.9. The van der Waals surface area contributed by atoms with Crippen LogP contribution in [0.5, 0.6) is 0 Å². The number of aromatic nitrogens is 3. The fourth-order valence-electron chi connectivity index (χ4n) is 7.09. The summed E-state index contributed by atoms with van der Waals surface area (Å²) in [5.41, 5.74) is 5.84. The van der Waals surface area contributed by atoms with Gasteiger partial charge >= 0.3 is 12.1 Å². The van der Waals surface area contributed by atoms with E-state index in [1.807, 2.05) is 134 Å². The van der Waals surface area contributed by atoms with E-state index in [2.05, 4.69) is 52.0 Å². The van der Waals surface area contributed by atoms with Crippen molar-refractivity contribution in [3.63, 3.8) is 0 Å². The highest BCUT2D eigenvalue weighted by Crippen LogP contribution is 2.33. The molecule has 0 aliphatic carbocycles. The number of benzene rings is 5. The van der Waals surface area contributed by atoms with Gasteiger partial charge in [0, 0.05) is 38.3 Å². The molecule has 1 aliphatic rings. The van der Waals surface area contributed by atoms with Gasteiger partial charge in [0.2, 0.25) is 0 Å². The Morgan fingerprint density at radius 2 is 1.25 bits per heavy atom. The molecule has 0 atom stereocenters. The SMILES string of the molecule is C=C1OC(=O)C(C#N)=C1c1ccccc1.C=c1c(-c2ccccc2)c(C#N)c2nc(=O)c(CC)cn12.O=C=O.[C-]#[N+]/C(C#N)=c1/nc(-c2ccccc2)c(=C)s1.[C-]#[N+]/C(C#N)=c1\ccc(=C)c2ccccc12. The van der Waals surface area contributed by atoms with Crippen LogP contribution in [0.25, 0.3) is 85.2 Å². The van der Waals surface area contributed by atoms with Gasteiger partial charge in [-0.25, -0.2) is 30.0 Å². The Labute approximate surface area is 415 Å². The molecule has 8 aromatic rings. The lowest BCUT2D eigenvalue weighted by Crippen LogP contribution is -2.18. The lowest BCUT2D eigenvalue weighted by atomic mass is 10.0. The molecule has 5 aromatic carbocycles. The molecule has 0 N–H and O–H groups in total. The Morgan fingerprint density at radius 1 is 0.708 bits per heavy atom. The third-order valence-corrected chi connectivity index (χ3v) is 11.3. The number of fused-ring (bicyclic) bond motifs is 2. The average molecular weight is 958 g/mol. The first-order chi connectivity index (χ1) is 34.9. The van der Waals surface area contributed by atoms with Crippen LogP contribution in [0.2, 0.25) is 0 Å².